The molecule has 1 heterocycles. The van der Waals surface area contributed by atoms with Gasteiger partial charge in [0.15, 0.2) is 5.76 Å². The lowest BCUT2D eigenvalue weighted by molar-refractivity contribution is 0.0926. The number of carbonyl (C=O) groups excluding carboxylic acids is 1. The van der Waals surface area contributed by atoms with Crippen LogP contribution in [0, 0.1) is 13.8 Å². The van der Waals surface area contributed by atoms with Gasteiger partial charge in [-0.2, -0.15) is 5.10 Å². The van der Waals surface area contributed by atoms with Crippen LogP contribution in [0.1, 0.15) is 34.4 Å². The molecule has 0 aliphatic carbocycles. The van der Waals surface area contributed by atoms with Gasteiger partial charge in [-0.1, -0.05) is 29.8 Å². The summed E-state index contributed by atoms with van der Waals surface area (Å²) in [4.78, 5) is 11.7. The van der Waals surface area contributed by atoms with Gasteiger partial charge in [-0.15, -0.1) is 0 Å². The quantitative estimate of drug-likeness (QED) is 0.677. The van der Waals surface area contributed by atoms with E-state index in [4.69, 9.17) is 4.42 Å². The minimum absolute atomic E-state index is 0.262. The van der Waals surface area contributed by atoms with E-state index in [0.717, 1.165) is 11.3 Å². The Balaban J connectivity index is 2.06. The first-order chi connectivity index (χ1) is 9.06. The van der Waals surface area contributed by atoms with Gasteiger partial charge in [-0.3, -0.25) is 4.79 Å². The highest BCUT2D eigenvalue weighted by Crippen LogP contribution is 2.07. The molecule has 0 spiro atoms. The summed E-state index contributed by atoms with van der Waals surface area (Å²) in [5.41, 5.74) is 5.39. The summed E-state index contributed by atoms with van der Waals surface area (Å²) in [6.45, 7) is 5.66. The lowest BCUT2D eigenvalue weighted by atomic mass is 10.1. The minimum atomic E-state index is -0.348. The van der Waals surface area contributed by atoms with Crippen LogP contribution in [-0.2, 0) is 0 Å². The second kappa shape index (κ2) is 5.52. The SMILES string of the molecule is CC(=NNC(=O)c1ccc(C)o1)c1ccc(C)cc1. The maximum Gasteiger partial charge on any atom is 0.307 e. The van der Waals surface area contributed by atoms with Crippen molar-refractivity contribution in [2.75, 3.05) is 0 Å². The van der Waals surface area contributed by atoms with Crippen molar-refractivity contribution in [2.24, 2.45) is 5.10 Å². The second-order valence-corrected chi connectivity index (χ2v) is 4.41. The molecule has 19 heavy (non-hydrogen) atoms. The van der Waals surface area contributed by atoms with Crippen LogP contribution in [0.5, 0.6) is 0 Å². The molecular weight excluding hydrogens is 240 g/mol. The number of aryl methyl sites for hydroxylation is 2. The fourth-order valence-corrected chi connectivity index (χ4v) is 1.61. The number of rotatable bonds is 3. The summed E-state index contributed by atoms with van der Waals surface area (Å²) >= 11 is 0. The van der Waals surface area contributed by atoms with Crippen molar-refractivity contribution in [2.45, 2.75) is 20.8 Å². The van der Waals surface area contributed by atoms with Crippen molar-refractivity contribution in [3.63, 3.8) is 0 Å². The molecule has 0 unspecified atom stereocenters. The molecule has 1 amide bonds. The summed E-state index contributed by atoms with van der Waals surface area (Å²) in [6.07, 6.45) is 0. The molecule has 0 radical (unpaired) electrons. The van der Waals surface area contributed by atoms with E-state index in [9.17, 15) is 4.79 Å². The largest absolute Gasteiger partial charge is 0.456 e. The molecule has 4 nitrogen and oxygen atoms in total. The van der Waals surface area contributed by atoms with E-state index < -0.39 is 0 Å². The average Bonchev–Trinajstić information content (AvgIpc) is 2.83. The lowest BCUT2D eigenvalue weighted by Crippen LogP contribution is -2.18. The Morgan fingerprint density at radius 1 is 1.11 bits per heavy atom. The van der Waals surface area contributed by atoms with Crippen molar-refractivity contribution in [1.29, 1.82) is 0 Å². The Morgan fingerprint density at radius 2 is 1.79 bits per heavy atom. The second-order valence-electron chi connectivity index (χ2n) is 4.41. The van der Waals surface area contributed by atoms with Gasteiger partial charge in [0.25, 0.3) is 0 Å². The molecule has 0 bridgehead atoms. The van der Waals surface area contributed by atoms with Crippen LogP contribution in [0.4, 0.5) is 0 Å². The number of hydrogen-bond donors (Lipinski definition) is 1. The van der Waals surface area contributed by atoms with Gasteiger partial charge in [-0.25, -0.2) is 5.43 Å². The lowest BCUT2D eigenvalue weighted by Gasteiger charge is -2.02. The number of benzene rings is 1. The van der Waals surface area contributed by atoms with E-state index in [1.54, 1.807) is 19.1 Å². The van der Waals surface area contributed by atoms with E-state index >= 15 is 0 Å². The first-order valence-electron chi connectivity index (χ1n) is 6.04. The first kappa shape index (κ1) is 13.1. The Kier molecular flexibility index (Phi) is 3.80. The van der Waals surface area contributed by atoms with Gasteiger partial charge in [0.2, 0.25) is 0 Å². The highest BCUT2D eigenvalue weighted by molar-refractivity contribution is 6.00. The van der Waals surface area contributed by atoms with Crippen molar-refractivity contribution < 1.29 is 9.21 Å². The van der Waals surface area contributed by atoms with E-state index in [-0.39, 0.29) is 11.7 Å². The third-order valence-corrected chi connectivity index (χ3v) is 2.76. The van der Waals surface area contributed by atoms with E-state index in [1.807, 2.05) is 38.1 Å². The molecule has 0 atom stereocenters. The Hall–Kier alpha value is -2.36. The molecule has 0 saturated carbocycles. The number of carbonyl (C=O) groups is 1. The minimum Gasteiger partial charge on any atom is -0.456 e. The van der Waals surface area contributed by atoms with Crippen LogP contribution in [-0.4, -0.2) is 11.6 Å². The van der Waals surface area contributed by atoms with Crippen LogP contribution >= 0.6 is 0 Å². The standard InChI is InChI=1S/C15H16N2O2/c1-10-4-7-13(8-5-10)12(3)16-17-15(18)14-9-6-11(2)19-14/h4-9H,1-3H3,(H,17,18). The Labute approximate surface area is 112 Å². The molecule has 4 heteroatoms. The summed E-state index contributed by atoms with van der Waals surface area (Å²) < 4.78 is 5.22. The zero-order valence-electron chi connectivity index (χ0n) is 11.2. The van der Waals surface area contributed by atoms with Crippen LogP contribution in [0.15, 0.2) is 45.9 Å². The zero-order valence-corrected chi connectivity index (χ0v) is 11.2. The highest BCUT2D eigenvalue weighted by atomic mass is 16.3. The third kappa shape index (κ3) is 3.31. The molecule has 98 valence electrons. The molecule has 0 saturated heterocycles. The van der Waals surface area contributed by atoms with Crippen LogP contribution in [0.25, 0.3) is 0 Å². The third-order valence-electron chi connectivity index (χ3n) is 2.76. The highest BCUT2D eigenvalue weighted by Gasteiger charge is 2.08. The predicted octanol–water partition coefficient (Wildman–Crippen LogP) is 3.05. The molecular formula is C15H16N2O2. The topological polar surface area (TPSA) is 54.6 Å². The molecule has 0 aliphatic heterocycles. The molecule has 1 N–H and O–H groups in total. The van der Waals surface area contributed by atoms with E-state index in [1.165, 1.54) is 5.56 Å². The zero-order chi connectivity index (χ0) is 13.8. The molecule has 1 aromatic heterocycles. The normalized spacial score (nSPS) is 11.4. The average molecular weight is 256 g/mol. The number of hydrazone groups is 1. The molecule has 2 aromatic rings. The van der Waals surface area contributed by atoms with Crippen LogP contribution < -0.4 is 5.43 Å². The predicted molar refractivity (Wildman–Crippen MR) is 74.3 cm³/mol. The van der Waals surface area contributed by atoms with Crippen molar-refractivity contribution in [3.8, 4) is 0 Å². The van der Waals surface area contributed by atoms with Gasteiger partial charge < -0.3 is 4.42 Å². The van der Waals surface area contributed by atoms with Crippen LogP contribution in [0.2, 0.25) is 0 Å². The fourth-order valence-electron chi connectivity index (χ4n) is 1.61. The first-order valence-corrected chi connectivity index (χ1v) is 6.04. The number of hydrogen-bond acceptors (Lipinski definition) is 3. The fraction of sp³-hybridized carbons (Fsp3) is 0.200. The monoisotopic (exact) mass is 256 g/mol. The molecule has 0 fully saturated rings. The molecule has 1 aromatic carbocycles. The smallest absolute Gasteiger partial charge is 0.307 e. The summed E-state index contributed by atoms with van der Waals surface area (Å²) in [5.74, 6) is 0.613. The molecule has 0 aliphatic rings. The van der Waals surface area contributed by atoms with Crippen molar-refractivity contribution >= 4 is 11.6 Å². The van der Waals surface area contributed by atoms with Crippen LogP contribution in [0.3, 0.4) is 0 Å². The Bertz CT molecular complexity index is 609. The van der Waals surface area contributed by atoms with E-state index in [2.05, 4.69) is 10.5 Å². The number of nitrogens with one attached hydrogen (secondary N) is 1. The van der Waals surface area contributed by atoms with E-state index in [0.29, 0.717) is 5.76 Å². The maximum absolute atomic E-state index is 11.7. The number of furan rings is 1. The van der Waals surface area contributed by atoms with Crippen molar-refractivity contribution in [1.82, 2.24) is 5.43 Å². The Morgan fingerprint density at radius 3 is 2.37 bits per heavy atom. The summed E-state index contributed by atoms with van der Waals surface area (Å²) in [5, 5.41) is 4.07. The number of nitrogens with zero attached hydrogens (tertiary/aromatic N) is 1. The van der Waals surface area contributed by atoms with Crippen molar-refractivity contribution in [3.05, 3.63) is 59.0 Å². The maximum atomic E-state index is 11.7. The van der Waals surface area contributed by atoms with Gasteiger partial charge in [0.05, 0.1) is 5.71 Å². The number of amides is 1. The molecule has 2 rings (SSSR count). The van der Waals surface area contributed by atoms with Gasteiger partial charge in [-0.05, 0) is 38.5 Å². The van der Waals surface area contributed by atoms with Gasteiger partial charge >= 0.3 is 5.91 Å². The summed E-state index contributed by atoms with van der Waals surface area (Å²) in [7, 11) is 0. The van der Waals surface area contributed by atoms with Gasteiger partial charge in [0.1, 0.15) is 5.76 Å². The summed E-state index contributed by atoms with van der Waals surface area (Å²) in [6, 6.07) is 11.3. The van der Waals surface area contributed by atoms with Gasteiger partial charge in [0, 0.05) is 0 Å².